The Morgan fingerprint density at radius 2 is 2.00 bits per heavy atom. The van der Waals surface area contributed by atoms with E-state index in [4.69, 9.17) is 10.3 Å². The van der Waals surface area contributed by atoms with Crippen molar-refractivity contribution in [2.45, 2.75) is 6.92 Å². The van der Waals surface area contributed by atoms with Gasteiger partial charge in [0.1, 0.15) is 0 Å². The van der Waals surface area contributed by atoms with Gasteiger partial charge in [0.05, 0.1) is 11.3 Å². The minimum absolute atomic E-state index is 0.351. The van der Waals surface area contributed by atoms with Crippen LogP contribution in [0.25, 0.3) is 11.1 Å². The zero-order valence-electron chi connectivity index (χ0n) is 7.19. The van der Waals surface area contributed by atoms with E-state index in [2.05, 4.69) is 10.1 Å². The monoisotopic (exact) mass is 175 g/mol. The van der Waals surface area contributed by atoms with Gasteiger partial charge in [0, 0.05) is 12.4 Å². The van der Waals surface area contributed by atoms with Crippen molar-refractivity contribution in [3.05, 3.63) is 30.2 Å². The van der Waals surface area contributed by atoms with Gasteiger partial charge in [-0.05, 0) is 24.6 Å². The molecule has 4 nitrogen and oxygen atoms in total. The molecule has 0 aliphatic carbocycles. The summed E-state index contributed by atoms with van der Waals surface area (Å²) in [5.74, 6) is 0.351. The molecule has 0 aliphatic rings. The predicted octanol–water partition coefficient (Wildman–Crippen LogP) is 1.63. The van der Waals surface area contributed by atoms with Crippen LogP contribution in [0.5, 0.6) is 0 Å². The van der Waals surface area contributed by atoms with Crippen molar-refractivity contribution in [1.29, 1.82) is 0 Å². The summed E-state index contributed by atoms with van der Waals surface area (Å²) in [5.41, 5.74) is 8.25. The third-order valence-corrected chi connectivity index (χ3v) is 1.86. The summed E-state index contributed by atoms with van der Waals surface area (Å²) in [4.78, 5) is 3.92. The Hall–Kier alpha value is -1.84. The minimum atomic E-state index is 0.351. The van der Waals surface area contributed by atoms with Crippen molar-refractivity contribution >= 4 is 5.88 Å². The number of nitrogen functional groups attached to an aromatic ring is 1. The van der Waals surface area contributed by atoms with Crippen molar-refractivity contribution in [2.24, 2.45) is 0 Å². The summed E-state index contributed by atoms with van der Waals surface area (Å²) < 4.78 is 4.86. The van der Waals surface area contributed by atoms with E-state index in [0.29, 0.717) is 5.88 Å². The van der Waals surface area contributed by atoms with Gasteiger partial charge in [-0.2, -0.15) is 0 Å². The lowest BCUT2D eigenvalue weighted by atomic mass is 10.1. The van der Waals surface area contributed by atoms with Gasteiger partial charge in [-0.15, -0.1) is 0 Å². The van der Waals surface area contributed by atoms with E-state index >= 15 is 0 Å². The van der Waals surface area contributed by atoms with Crippen molar-refractivity contribution < 1.29 is 4.52 Å². The molecule has 0 aromatic carbocycles. The zero-order chi connectivity index (χ0) is 9.26. The predicted molar refractivity (Wildman–Crippen MR) is 48.9 cm³/mol. The van der Waals surface area contributed by atoms with Gasteiger partial charge < -0.3 is 10.3 Å². The number of rotatable bonds is 1. The average molecular weight is 175 g/mol. The molecule has 0 aliphatic heterocycles. The molecule has 2 heterocycles. The molecule has 0 amide bonds. The Morgan fingerprint density at radius 1 is 1.31 bits per heavy atom. The molecule has 0 radical (unpaired) electrons. The van der Waals surface area contributed by atoms with Crippen LogP contribution in [0.15, 0.2) is 29.0 Å². The number of hydrogen-bond acceptors (Lipinski definition) is 4. The van der Waals surface area contributed by atoms with Crippen LogP contribution in [0, 0.1) is 6.92 Å². The summed E-state index contributed by atoms with van der Waals surface area (Å²) in [7, 11) is 0. The third kappa shape index (κ3) is 1.26. The van der Waals surface area contributed by atoms with E-state index in [1.807, 2.05) is 19.1 Å². The smallest absolute Gasteiger partial charge is 0.230 e. The Balaban J connectivity index is 2.59. The molecule has 66 valence electrons. The highest BCUT2D eigenvalue weighted by molar-refractivity contribution is 5.74. The zero-order valence-corrected chi connectivity index (χ0v) is 7.19. The normalized spacial score (nSPS) is 10.2. The Morgan fingerprint density at radius 3 is 2.54 bits per heavy atom. The maximum atomic E-state index is 5.62. The number of anilines is 1. The van der Waals surface area contributed by atoms with Gasteiger partial charge in [-0.3, -0.25) is 4.98 Å². The van der Waals surface area contributed by atoms with E-state index in [-0.39, 0.29) is 0 Å². The topological polar surface area (TPSA) is 64.9 Å². The maximum Gasteiger partial charge on any atom is 0.230 e. The van der Waals surface area contributed by atoms with Gasteiger partial charge in [0.2, 0.25) is 5.88 Å². The molecule has 0 saturated heterocycles. The number of nitrogens with two attached hydrogens (primary N) is 1. The standard InChI is InChI=1S/C9H9N3O/c1-6-8(9(10)13-12-6)7-2-4-11-5-3-7/h2-5H,10H2,1H3. The molecule has 4 heteroatoms. The molecule has 2 aromatic heterocycles. The van der Waals surface area contributed by atoms with Crippen LogP contribution in [0.1, 0.15) is 5.69 Å². The van der Waals surface area contributed by atoms with E-state index in [1.54, 1.807) is 12.4 Å². The Bertz CT molecular complexity index is 389. The van der Waals surface area contributed by atoms with Gasteiger partial charge in [0.15, 0.2) is 0 Å². The summed E-state index contributed by atoms with van der Waals surface area (Å²) in [6.45, 7) is 1.86. The number of hydrogen-bond donors (Lipinski definition) is 1. The van der Waals surface area contributed by atoms with Crippen LogP contribution in [0.3, 0.4) is 0 Å². The molecule has 0 spiro atoms. The van der Waals surface area contributed by atoms with Crippen LogP contribution in [0.2, 0.25) is 0 Å². The van der Waals surface area contributed by atoms with Gasteiger partial charge in [-0.1, -0.05) is 5.16 Å². The molecule has 0 bridgehead atoms. The van der Waals surface area contributed by atoms with E-state index in [0.717, 1.165) is 16.8 Å². The second kappa shape index (κ2) is 2.90. The third-order valence-electron chi connectivity index (χ3n) is 1.86. The fraction of sp³-hybridized carbons (Fsp3) is 0.111. The van der Waals surface area contributed by atoms with Gasteiger partial charge >= 0.3 is 0 Å². The van der Waals surface area contributed by atoms with E-state index in [9.17, 15) is 0 Å². The lowest BCUT2D eigenvalue weighted by Gasteiger charge is -1.97. The second-order valence-corrected chi connectivity index (χ2v) is 2.74. The van der Waals surface area contributed by atoms with E-state index < -0.39 is 0 Å². The Kier molecular flexibility index (Phi) is 1.73. The number of pyridine rings is 1. The molecular formula is C9H9N3O. The van der Waals surface area contributed by atoms with Crippen molar-refractivity contribution in [3.63, 3.8) is 0 Å². The van der Waals surface area contributed by atoms with Crippen LogP contribution in [0.4, 0.5) is 5.88 Å². The first-order valence-electron chi connectivity index (χ1n) is 3.91. The molecular weight excluding hydrogens is 166 g/mol. The minimum Gasteiger partial charge on any atom is -0.367 e. The lowest BCUT2D eigenvalue weighted by Crippen LogP contribution is -1.86. The van der Waals surface area contributed by atoms with Crippen molar-refractivity contribution in [1.82, 2.24) is 10.1 Å². The lowest BCUT2D eigenvalue weighted by molar-refractivity contribution is 0.431. The van der Waals surface area contributed by atoms with Crippen molar-refractivity contribution in [3.8, 4) is 11.1 Å². The molecule has 0 fully saturated rings. The second-order valence-electron chi connectivity index (χ2n) is 2.74. The molecule has 0 atom stereocenters. The fourth-order valence-corrected chi connectivity index (χ4v) is 1.26. The number of aromatic nitrogens is 2. The molecule has 0 unspecified atom stereocenters. The first-order valence-corrected chi connectivity index (χ1v) is 3.91. The first kappa shape index (κ1) is 7.79. The quantitative estimate of drug-likeness (QED) is 0.715. The fourth-order valence-electron chi connectivity index (χ4n) is 1.26. The van der Waals surface area contributed by atoms with Gasteiger partial charge in [0.25, 0.3) is 0 Å². The van der Waals surface area contributed by atoms with Gasteiger partial charge in [-0.25, -0.2) is 0 Å². The summed E-state index contributed by atoms with van der Waals surface area (Å²) in [5, 5.41) is 3.77. The highest BCUT2D eigenvalue weighted by atomic mass is 16.5. The summed E-state index contributed by atoms with van der Waals surface area (Å²) >= 11 is 0. The highest BCUT2D eigenvalue weighted by Gasteiger charge is 2.10. The summed E-state index contributed by atoms with van der Waals surface area (Å²) in [6.07, 6.45) is 3.42. The van der Waals surface area contributed by atoms with Crippen LogP contribution < -0.4 is 5.73 Å². The van der Waals surface area contributed by atoms with Crippen LogP contribution in [-0.2, 0) is 0 Å². The SMILES string of the molecule is Cc1noc(N)c1-c1ccncc1. The highest BCUT2D eigenvalue weighted by Crippen LogP contribution is 2.27. The summed E-state index contributed by atoms with van der Waals surface area (Å²) in [6, 6.07) is 3.74. The Labute approximate surface area is 75.4 Å². The maximum absolute atomic E-state index is 5.62. The molecule has 2 N–H and O–H groups in total. The molecule has 2 rings (SSSR count). The molecule has 13 heavy (non-hydrogen) atoms. The average Bonchev–Trinajstić information content (AvgIpc) is 2.48. The molecule has 2 aromatic rings. The number of nitrogens with zero attached hydrogens (tertiary/aromatic N) is 2. The largest absolute Gasteiger partial charge is 0.367 e. The number of aryl methyl sites for hydroxylation is 1. The van der Waals surface area contributed by atoms with E-state index in [1.165, 1.54) is 0 Å². The van der Waals surface area contributed by atoms with Crippen LogP contribution >= 0.6 is 0 Å². The first-order chi connectivity index (χ1) is 6.29. The molecule has 0 saturated carbocycles. The van der Waals surface area contributed by atoms with Crippen molar-refractivity contribution in [2.75, 3.05) is 5.73 Å². The van der Waals surface area contributed by atoms with Crippen LogP contribution in [-0.4, -0.2) is 10.1 Å².